The molecule has 1 aliphatic heterocycles. The topological polar surface area (TPSA) is 93.6 Å². The number of hydrogen-bond acceptors (Lipinski definition) is 6. The van der Waals surface area contributed by atoms with Gasteiger partial charge in [-0.05, 0) is 35.5 Å². The van der Waals surface area contributed by atoms with E-state index in [-0.39, 0.29) is 17.6 Å². The van der Waals surface area contributed by atoms with Crippen LogP contribution in [-0.2, 0) is 9.16 Å². The van der Waals surface area contributed by atoms with Crippen LogP contribution < -0.4 is 21.6 Å². The van der Waals surface area contributed by atoms with Gasteiger partial charge in [0.05, 0.1) is 12.7 Å². The largest absolute Gasteiger partial charge is 0.405 e. The van der Waals surface area contributed by atoms with Crippen molar-refractivity contribution >= 4 is 30.5 Å². The Morgan fingerprint density at radius 3 is 2.11 bits per heavy atom. The fourth-order valence-electron chi connectivity index (χ4n) is 5.54. The number of nitrogens with zero attached hydrogens (tertiary/aromatic N) is 1. The maximum Gasteiger partial charge on any atom is 0.330 e. The predicted molar refractivity (Wildman–Crippen MR) is 156 cm³/mol. The number of benzene rings is 2. The van der Waals surface area contributed by atoms with Gasteiger partial charge in [-0.15, -0.1) is 11.8 Å². The lowest BCUT2D eigenvalue weighted by molar-refractivity contribution is -0.0454. The zero-order chi connectivity index (χ0) is 27.7. The third-order valence-corrected chi connectivity index (χ3v) is 13.8. The van der Waals surface area contributed by atoms with E-state index in [1.807, 2.05) is 42.7 Å². The number of hydrogen-bond donors (Lipinski definition) is 2. The van der Waals surface area contributed by atoms with Crippen LogP contribution in [0.4, 0.5) is 0 Å². The Labute approximate surface area is 229 Å². The van der Waals surface area contributed by atoms with Crippen LogP contribution in [0.2, 0.25) is 5.04 Å². The van der Waals surface area contributed by atoms with Gasteiger partial charge in [-0.1, -0.05) is 81.4 Å². The number of thioether (sulfide) groups is 1. The molecular weight excluding hydrogens is 516 g/mol. The van der Waals surface area contributed by atoms with Gasteiger partial charge in [-0.3, -0.25) is 14.3 Å². The molecule has 1 aliphatic rings. The summed E-state index contributed by atoms with van der Waals surface area (Å²) in [4.78, 5) is 25.9. The molecule has 0 aliphatic carbocycles. The van der Waals surface area contributed by atoms with E-state index in [4.69, 9.17) is 9.16 Å². The van der Waals surface area contributed by atoms with Gasteiger partial charge in [0, 0.05) is 24.1 Å². The normalized spacial score (nSPS) is 21.8. The van der Waals surface area contributed by atoms with Crippen LogP contribution in [-0.4, -0.2) is 46.9 Å². The molecule has 2 heterocycles. The lowest BCUT2D eigenvalue weighted by Crippen LogP contribution is -2.67. The van der Waals surface area contributed by atoms with Crippen molar-refractivity contribution in [3.63, 3.8) is 0 Å². The average molecular weight is 555 g/mol. The highest BCUT2D eigenvalue weighted by Gasteiger charge is 2.52. The Morgan fingerprint density at radius 1 is 1.05 bits per heavy atom. The highest BCUT2D eigenvalue weighted by Crippen LogP contribution is 2.44. The molecule has 0 saturated carbocycles. The van der Waals surface area contributed by atoms with Crippen LogP contribution in [0.3, 0.4) is 0 Å². The second-order valence-electron chi connectivity index (χ2n) is 11.2. The summed E-state index contributed by atoms with van der Waals surface area (Å²) in [5.41, 5.74) is -0.515. The molecule has 204 valence electrons. The smallest absolute Gasteiger partial charge is 0.330 e. The van der Waals surface area contributed by atoms with Crippen molar-refractivity contribution in [1.82, 2.24) is 9.55 Å². The SMILES string of the molecule is CSC(C)(O)[C@H]1C[C@H](n2cc(C)c(=O)[nH]c2=O)O[C@@H]1CO[Si](c1ccccc1)(c1ccccc1)C(C)(C)C. The first-order valence-electron chi connectivity index (χ1n) is 12.9. The van der Waals surface area contributed by atoms with Crippen molar-refractivity contribution < 1.29 is 14.3 Å². The van der Waals surface area contributed by atoms with Gasteiger partial charge in [-0.25, -0.2) is 4.79 Å². The summed E-state index contributed by atoms with van der Waals surface area (Å²) in [5, 5.41) is 13.5. The fraction of sp³-hybridized carbons (Fsp3) is 0.448. The molecule has 38 heavy (non-hydrogen) atoms. The molecule has 0 spiro atoms. The molecule has 1 aromatic heterocycles. The second kappa shape index (κ2) is 11.0. The summed E-state index contributed by atoms with van der Waals surface area (Å²) in [6.07, 6.45) is 2.71. The summed E-state index contributed by atoms with van der Waals surface area (Å²) in [6, 6.07) is 20.8. The first-order valence-corrected chi connectivity index (χ1v) is 16.0. The monoisotopic (exact) mass is 554 g/mol. The van der Waals surface area contributed by atoms with Crippen molar-refractivity contribution in [3.05, 3.63) is 93.3 Å². The molecule has 7 nitrogen and oxygen atoms in total. The number of aromatic nitrogens is 2. The summed E-state index contributed by atoms with van der Waals surface area (Å²) in [5.74, 6) is -0.306. The van der Waals surface area contributed by atoms with Gasteiger partial charge in [0.1, 0.15) is 11.2 Å². The molecule has 1 saturated heterocycles. The van der Waals surface area contributed by atoms with Crippen LogP contribution >= 0.6 is 11.8 Å². The van der Waals surface area contributed by atoms with Crippen LogP contribution in [0.15, 0.2) is 76.4 Å². The van der Waals surface area contributed by atoms with Crippen molar-refractivity contribution in [2.24, 2.45) is 5.92 Å². The molecule has 1 fully saturated rings. The van der Waals surface area contributed by atoms with Gasteiger partial charge in [-0.2, -0.15) is 0 Å². The molecule has 9 heteroatoms. The second-order valence-corrected chi connectivity index (χ2v) is 16.7. The summed E-state index contributed by atoms with van der Waals surface area (Å²) < 4.78 is 15.0. The molecule has 3 aromatic rings. The van der Waals surface area contributed by atoms with E-state index in [1.165, 1.54) is 22.5 Å². The van der Waals surface area contributed by atoms with Gasteiger partial charge < -0.3 is 14.3 Å². The fourth-order valence-corrected chi connectivity index (χ4v) is 10.7. The van der Waals surface area contributed by atoms with Crippen LogP contribution in [0.1, 0.15) is 45.9 Å². The minimum atomic E-state index is -2.83. The highest BCUT2D eigenvalue weighted by molar-refractivity contribution is 7.99. The molecule has 0 bridgehead atoms. The quantitative estimate of drug-likeness (QED) is 0.328. The van der Waals surface area contributed by atoms with Gasteiger partial charge in [0.25, 0.3) is 13.9 Å². The molecule has 0 radical (unpaired) electrons. The van der Waals surface area contributed by atoms with Crippen LogP contribution in [0.25, 0.3) is 0 Å². The molecule has 4 atom stereocenters. The molecular formula is C29H38N2O5SSi. The predicted octanol–water partition coefficient (Wildman–Crippen LogP) is 3.40. The standard InChI is InChI=1S/C29H38N2O5SSi/c1-20-18-31(27(33)30-26(20)32)25-17-23(29(5,34)37-6)24(36-25)19-35-38(28(2,3)4,21-13-9-7-10-14-21)22-15-11-8-12-16-22/h7-16,18,23-25,34H,17,19H2,1-6H3,(H,30,32,33)/t23-,24+,25+,29?/m0/s1. The summed E-state index contributed by atoms with van der Waals surface area (Å²) in [7, 11) is -2.83. The van der Waals surface area contributed by atoms with E-state index >= 15 is 0 Å². The van der Waals surface area contributed by atoms with Crippen molar-refractivity contribution in [2.75, 3.05) is 12.9 Å². The number of aliphatic hydroxyl groups is 1. The number of nitrogens with one attached hydrogen (secondary N) is 1. The number of rotatable bonds is 8. The van der Waals surface area contributed by atoms with E-state index < -0.39 is 36.8 Å². The Kier molecular flexibility index (Phi) is 8.25. The van der Waals surface area contributed by atoms with Crippen LogP contribution in [0.5, 0.6) is 0 Å². The Morgan fingerprint density at radius 2 is 1.61 bits per heavy atom. The Bertz CT molecular complexity index is 1310. The molecule has 0 amide bonds. The zero-order valence-corrected chi connectivity index (χ0v) is 24.7. The molecule has 1 unspecified atom stereocenters. The van der Waals surface area contributed by atoms with E-state index in [9.17, 15) is 14.7 Å². The van der Waals surface area contributed by atoms with Crippen molar-refractivity contribution in [2.45, 2.75) is 63.3 Å². The number of H-pyrrole nitrogens is 1. The lowest BCUT2D eigenvalue weighted by atomic mass is 9.95. The van der Waals surface area contributed by atoms with E-state index in [0.717, 1.165) is 10.4 Å². The van der Waals surface area contributed by atoms with Gasteiger partial charge in [0.2, 0.25) is 0 Å². The van der Waals surface area contributed by atoms with Gasteiger partial charge >= 0.3 is 5.69 Å². The number of aryl methyl sites for hydroxylation is 1. The maximum atomic E-state index is 12.7. The molecule has 4 rings (SSSR count). The highest BCUT2D eigenvalue weighted by atomic mass is 32.2. The number of aromatic amines is 1. The van der Waals surface area contributed by atoms with Gasteiger partial charge in [0.15, 0.2) is 0 Å². The minimum Gasteiger partial charge on any atom is -0.405 e. The first kappa shape index (κ1) is 28.6. The van der Waals surface area contributed by atoms with E-state index in [1.54, 1.807) is 13.8 Å². The van der Waals surface area contributed by atoms with Crippen molar-refractivity contribution in [3.8, 4) is 0 Å². The maximum absolute atomic E-state index is 12.7. The van der Waals surface area contributed by atoms with E-state index in [0.29, 0.717) is 12.0 Å². The Hall–Kier alpha value is -2.43. The third kappa shape index (κ3) is 5.35. The first-order chi connectivity index (χ1) is 17.9. The zero-order valence-electron chi connectivity index (χ0n) is 22.9. The van der Waals surface area contributed by atoms with Crippen molar-refractivity contribution in [1.29, 1.82) is 0 Å². The minimum absolute atomic E-state index is 0.210. The number of ether oxygens (including phenoxy) is 1. The average Bonchev–Trinajstić information content (AvgIpc) is 3.32. The lowest BCUT2D eigenvalue weighted by Gasteiger charge is -2.44. The third-order valence-electron chi connectivity index (χ3n) is 7.67. The molecule has 2 N–H and O–H groups in total. The van der Waals surface area contributed by atoms with E-state index in [2.05, 4.69) is 50.0 Å². The van der Waals surface area contributed by atoms with Crippen LogP contribution in [0, 0.1) is 12.8 Å². The molecule has 2 aromatic carbocycles. The summed E-state index contributed by atoms with van der Waals surface area (Å²) in [6.45, 7) is 10.3. The Balaban J connectivity index is 1.75. The summed E-state index contributed by atoms with van der Waals surface area (Å²) >= 11 is 1.35.